The molecule has 0 fully saturated rings. The molecule has 0 radical (unpaired) electrons. The summed E-state index contributed by atoms with van der Waals surface area (Å²) >= 11 is 0.225. The van der Waals surface area contributed by atoms with Crippen molar-refractivity contribution in [2.45, 2.75) is 11.4 Å². The average Bonchev–Trinajstić information content (AvgIpc) is 2.38. The van der Waals surface area contributed by atoms with Gasteiger partial charge in [0.2, 0.25) is 0 Å². The Morgan fingerprint density at radius 2 is 1.59 bits per heavy atom. The van der Waals surface area contributed by atoms with Crippen LogP contribution in [0.1, 0.15) is 11.7 Å². The molecule has 0 aliphatic heterocycles. The quantitative estimate of drug-likeness (QED) is 0.845. The van der Waals surface area contributed by atoms with E-state index in [1.165, 1.54) is 4.46 Å². The molecule has 0 spiro atoms. The maximum absolute atomic E-state index is 10.0. The van der Waals surface area contributed by atoms with Gasteiger partial charge in [0.1, 0.15) is 0 Å². The van der Waals surface area contributed by atoms with E-state index < -0.39 is 6.10 Å². The van der Waals surface area contributed by atoms with E-state index in [2.05, 4.69) is 12.1 Å². The van der Waals surface area contributed by atoms with Crippen LogP contribution in [0.25, 0.3) is 0 Å². The molecular weight excluding hydrogens is 279 g/mol. The van der Waals surface area contributed by atoms with Crippen LogP contribution in [-0.2, 0) is 0 Å². The van der Waals surface area contributed by atoms with Crippen LogP contribution in [-0.4, -0.2) is 25.2 Å². The zero-order chi connectivity index (χ0) is 12.1. The standard InChI is InChI=1S/C14H14O2Se/c15-13-9-5-4-8-12(13)14(16)10-17-11-6-2-1-3-7-11/h1-9,14-16H,10H2. The molecule has 0 saturated heterocycles. The fourth-order valence-electron chi connectivity index (χ4n) is 1.55. The van der Waals surface area contributed by atoms with Crippen molar-refractivity contribution in [1.82, 2.24) is 0 Å². The molecule has 3 heteroatoms. The Labute approximate surface area is 107 Å². The van der Waals surface area contributed by atoms with Crippen LogP contribution in [0.5, 0.6) is 5.75 Å². The summed E-state index contributed by atoms with van der Waals surface area (Å²) in [6.45, 7) is 0. The van der Waals surface area contributed by atoms with Gasteiger partial charge in [0.25, 0.3) is 0 Å². The molecule has 2 rings (SSSR count). The zero-order valence-corrected chi connectivity index (χ0v) is 11.0. The Morgan fingerprint density at radius 3 is 2.29 bits per heavy atom. The summed E-state index contributed by atoms with van der Waals surface area (Å²) in [5.74, 6) is 0.170. The van der Waals surface area contributed by atoms with Crippen LogP contribution in [0, 0.1) is 0 Å². The first-order chi connectivity index (χ1) is 8.27. The monoisotopic (exact) mass is 294 g/mol. The maximum atomic E-state index is 10.0. The van der Waals surface area contributed by atoms with E-state index >= 15 is 0 Å². The van der Waals surface area contributed by atoms with E-state index in [0.29, 0.717) is 10.9 Å². The van der Waals surface area contributed by atoms with Gasteiger partial charge in [-0.15, -0.1) is 0 Å². The van der Waals surface area contributed by atoms with Gasteiger partial charge >= 0.3 is 107 Å². The second-order valence-corrected chi connectivity index (χ2v) is 5.99. The van der Waals surface area contributed by atoms with Gasteiger partial charge in [-0.3, -0.25) is 0 Å². The molecular formula is C14H14O2Se. The minimum absolute atomic E-state index is 0.170. The number of rotatable bonds is 4. The van der Waals surface area contributed by atoms with Crippen LogP contribution in [0.3, 0.4) is 0 Å². The van der Waals surface area contributed by atoms with Crippen molar-refractivity contribution in [3.8, 4) is 5.75 Å². The van der Waals surface area contributed by atoms with Crippen LogP contribution in [0.2, 0.25) is 5.32 Å². The van der Waals surface area contributed by atoms with Gasteiger partial charge in [-0.25, -0.2) is 0 Å². The minimum atomic E-state index is -0.587. The summed E-state index contributed by atoms with van der Waals surface area (Å²) in [4.78, 5) is 0. The molecule has 0 aliphatic carbocycles. The van der Waals surface area contributed by atoms with E-state index in [4.69, 9.17) is 0 Å². The Bertz CT molecular complexity index is 471. The van der Waals surface area contributed by atoms with Crippen molar-refractivity contribution >= 4 is 19.4 Å². The summed E-state index contributed by atoms with van der Waals surface area (Å²) in [6, 6.07) is 17.1. The normalized spacial score (nSPS) is 12.3. The van der Waals surface area contributed by atoms with Crippen molar-refractivity contribution < 1.29 is 10.2 Å². The summed E-state index contributed by atoms with van der Waals surface area (Å²) < 4.78 is 1.26. The number of aromatic hydroxyl groups is 1. The fraction of sp³-hybridized carbons (Fsp3) is 0.143. The van der Waals surface area contributed by atoms with Crippen LogP contribution in [0.4, 0.5) is 0 Å². The van der Waals surface area contributed by atoms with Crippen molar-refractivity contribution in [3.05, 3.63) is 60.2 Å². The summed E-state index contributed by atoms with van der Waals surface area (Å²) in [6.07, 6.45) is -0.587. The second-order valence-electron chi connectivity index (χ2n) is 3.70. The Morgan fingerprint density at radius 1 is 0.941 bits per heavy atom. The molecule has 88 valence electrons. The zero-order valence-electron chi connectivity index (χ0n) is 9.28. The molecule has 0 bridgehead atoms. The third-order valence-corrected chi connectivity index (χ3v) is 4.73. The third kappa shape index (κ3) is 3.34. The SMILES string of the molecule is Oc1ccccc1C(O)C[Se]c1ccccc1. The van der Waals surface area contributed by atoms with Crippen molar-refractivity contribution in [3.63, 3.8) is 0 Å². The van der Waals surface area contributed by atoms with Crippen LogP contribution >= 0.6 is 0 Å². The van der Waals surface area contributed by atoms with Gasteiger partial charge in [-0.1, -0.05) is 0 Å². The molecule has 1 atom stereocenters. The third-order valence-electron chi connectivity index (χ3n) is 2.45. The molecule has 17 heavy (non-hydrogen) atoms. The number of phenols is 1. The molecule has 0 aliphatic rings. The molecule has 2 nitrogen and oxygen atoms in total. The van der Waals surface area contributed by atoms with E-state index in [0.717, 1.165) is 0 Å². The first-order valence-electron chi connectivity index (χ1n) is 5.41. The molecule has 0 aromatic heterocycles. The van der Waals surface area contributed by atoms with Gasteiger partial charge < -0.3 is 0 Å². The number of aliphatic hydroxyl groups is 1. The van der Waals surface area contributed by atoms with E-state index in [1.54, 1.807) is 18.2 Å². The molecule has 2 aromatic rings. The molecule has 1 unspecified atom stereocenters. The number of hydrogen-bond acceptors (Lipinski definition) is 2. The molecule has 2 N–H and O–H groups in total. The van der Waals surface area contributed by atoms with Gasteiger partial charge in [-0.2, -0.15) is 0 Å². The summed E-state index contributed by atoms with van der Waals surface area (Å²) in [5.41, 5.74) is 0.616. The van der Waals surface area contributed by atoms with Gasteiger partial charge in [0, 0.05) is 0 Å². The van der Waals surface area contributed by atoms with Gasteiger partial charge in [0.15, 0.2) is 0 Å². The predicted octanol–water partition coefficient (Wildman–Crippen LogP) is 1.87. The number of phenolic OH excluding ortho intramolecular Hbond substituents is 1. The number of benzene rings is 2. The average molecular weight is 293 g/mol. The Kier molecular flexibility index (Phi) is 4.21. The molecule has 0 heterocycles. The van der Waals surface area contributed by atoms with Gasteiger partial charge in [-0.05, 0) is 0 Å². The van der Waals surface area contributed by atoms with Crippen molar-refractivity contribution in [2.24, 2.45) is 0 Å². The van der Waals surface area contributed by atoms with E-state index in [9.17, 15) is 10.2 Å². The first kappa shape index (κ1) is 12.2. The van der Waals surface area contributed by atoms with Crippen molar-refractivity contribution in [1.29, 1.82) is 0 Å². The number of para-hydroxylation sites is 1. The van der Waals surface area contributed by atoms with E-state index in [1.807, 2.05) is 24.3 Å². The predicted molar refractivity (Wildman–Crippen MR) is 69.7 cm³/mol. The van der Waals surface area contributed by atoms with Gasteiger partial charge in [0.05, 0.1) is 0 Å². The second kappa shape index (κ2) is 5.87. The van der Waals surface area contributed by atoms with Crippen molar-refractivity contribution in [2.75, 3.05) is 0 Å². The Balaban J connectivity index is 1.99. The molecule has 0 amide bonds. The number of aliphatic hydroxyl groups excluding tert-OH is 1. The fourth-order valence-corrected chi connectivity index (χ4v) is 3.40. The summed E-state index contributed by atoms with van der Waals surface area (Å²) in [7, 11) is 0. The molecule has 0 saturated carbocycles. The van der Waals surface area contributed by atoms with Crippen LogP contribution in [0.15, 0.2) is 54.6 Å². The van der Waals surface area contributed by atoms with Crippen LogP contribution < -0.4 is 4.46 Å². The first-order valence-corrected chi connectivity index (χ1v) is 7.48. The van der Waals surface area contributed by atoms with E-state index in [-0.39, 0.29) is 20.7 Å². The summed E-state index contributed by atoms with van der Waals surface area (Å²) in [5, 5.41) is 20.3. The Hall–Kier alpha value is -1.28. The number of hydrogen-bond donors (Lipinski definition) is 2. The molecule has 2 aromatic carbocycles. The topological polar surface area (TPSA) is 40.5 Å².